The molecule has 0 saturated heterocycles. The fraction of sp³-hybridized carbons (Fsp3) is 0.294. The molecule has 0 aliphatic carbocycles. The molecule has 22 heavy (non-hydrogen) atoms. The van der Waals surface area contributed by atoms with E-state index in [0.717, 1.165) is 23.4 Å². The highest BCUT2D eigenvalue weighted by atomic mass is 35.5. The molecule has 0 aliphatic heterocycles. The monoisotopic (exact) mass is 323 g/mol. The molecule has 0 aromatic heterocycles. The molecule has 0 fully saturated rings. The summed E-state index contributed by atoms with van der Waals surface area (Å²) in [4.78, 5) is 0. The Balaban J connectivity index is 2.04. The van der Waals surface area contributed by atoms with Crippen LogP contribution in [0.3, 0.4) is 0 Å². The second-order valence-electron chi connectivity index (χ2n) is 4.82. The van der Waals surface area contributed by atoms with E-state index in [1.54, 1.807) is 19.2 Å². The van der Waals surface area contributed by atoms with Crippen LogP contribution in [0.25, 0.3) is 0 Å². The normalized spacial score (nSPS) is 10.4. The number of hydrogen-bond donors (Lipinski definition) is 1. The van der Waals surface area contributed by atoms with Crippen molar-refractivity contribution in [1.29, 1.82) is 0 Å². The van der Waals surface area contributed by atoms with Gasteiger partial charge in [0.1, 0.15) is 5.82 Å². The molecule has 2 rings (SSSR count). The van der Waals surface area contributed by atoms with Crippen molar-refractivity contribution in [3.05, 3.63) is 52.8 Å². The van der Waals surface area contributed by atoms with Crippen LogP contribution < -0.4 is 14.8 Å². The second kappa shape index (κ2) is 7.90. The maximum Gasteiger partial charge on any atom is 0.161 e. The third kappa shape index (κ3) is 4.28. The lowest BCUT2D eigenvalue weighted by Gasteiger charge is -2.12. The summed E-state index contributed by atoms with van der Waals surface area (Å²) in [5, 5.41) is 3.30. The Bertz CT molecular complexity index is 634. The Morgan fingerprint density at radius 3 is 2.64 bits per heavy atom. The van der Waals surface area contributed by atoms with E-state index in [-0.39, 0.29) is 5.02 Å². The van der Waals surface area contributed by atoms with Gasteiger partial charge in [-0.3, -0.25) is 0 Å². The minimum Gasteiger partial charge on any atom is -0.493 e. The molecule has 0 aliphatic rings. The van der Waals surface area contributed by atoms with E-state index < -0.39 is 5.82 Å². The van der Waals surface area contributed by atoms with Gasteiger partial charge in [-0.2, -0.15) is 0 Å². The first-order valence-electron chi connectivity index (χ1n) is 7.12. The highest BCUT2D eigenvalue weighted by Crippen LogP contribution is 2.28. The van der Waals surface area contributed by atoms with Crippen molar-refractivity contribution < 1.29 is 13.9 Å². The topological polar surface area (TPSA) is 30.5 Å². The molecular formula is C17H19ClFNO2. The summed E-state index contributed by atoms with van der Waals surface area (Å²) in [7, 11) is 1.62. The zero-order valence-corrected chi connectivity index (χ0v) is 13.4. The van der Waals surface area contributed by atoms with E-state index >= 15 is 0 Å². The van der Waals surface area contributed by atoms with Crippen LogP contribution in [0.4, 0.5) is 10.1 Å². The number of rotatable bonds is 7. The molecule has 2 aromatic rings. The molecule has 0 amide bonds. The largest absolute Gasteiger partial charge is 0.493 e. The lowest BCUT2D eigenvalue weighted by molar-refractivity contribution is 0.294. The molecule has 0 heterocycles. The van der Waals surface area contributed by atoms with Gasteiger partial charge in [0.05, 0.1) is 18.7 Å². The summed E-state index contributed by atoms with van der Waals surface area (Å²) >= 11 is 5.76. The number of benzene rings is 2. The number of nitrogens with one attached hydrogen (secondary N) is 1. The molecule has 0 atom stereocenters. The predicted molar refractivity (Wildman–Crippen MR) is 87.5 cm³/mol. The lowest BCUT2D eigenvalue weighted by Crippen LogP contribution is -2.02. The van der Waals surface area contributed by atoms with E-state index in [4.69, 9.17) is 21.1 Å². The quantitative estimate of drug-likeness (QED) is 0.787. The van der Waals surface area contributed by atoms with E-state index in [1.807, 2.05) is 18.2 Å². The molecule has 3 nitrogen and oxygen atoms in total. The summed E-state index contributed by atoms with van der Waals surface area (Å²) in [5.74, 6) is 1.01. The molecule has 2 aromatic carbocycles. The van der Waals surface area contributed by atoms with Crippen molar-refractivity contribution in [2.24, 2.45) is 0 Å². The van der Waals surface area contributed by atoms with Crippen molar-refractivity contribution in [3.63, 3.8) is 0 Å². The fourth-order valence-electron chi connectivity index (χ4n) is 1.96. The van der Waals surface area contributed by atoms with Crippen molar-refractivity contribution in [1.82, 2.24) is 0 Å². The summed E-state index contributed by atoms with van der Waals surface area (Å²) < 4.78 is 24.1. The Kier molecular flexibility index (Phi) is 5.90. The van der Waals surface area contributed by atoms with Crippen molar-refractivity contribution in [3.8, 4) is 11.5 Å². The first-order chi connectivity index (χ1) is 10.6. The first kappa shape index (κ1) is 16.4. The molecule has 118 valence electrons. The van der Waals surface area contributed by atoms with Gasteiger partial charge in [0.2, 0.25) is 0 Å². The number of hydrogen-bond acceptors (Lipinski definition) is 3. The second-order valence-corrected chi connectivity index (χ2v) is 5.22. The Morgan fingerprint density at radius 2 is 1.95 bits per heavy atom. The minimum atomic E-state index is -0.425. The molecule has 0 spiro atoms. The van der Waals surface area contributed by atoms with Gasteiger partial charge in [-0.1, -0.05) is 24.6 Å². The van der Waals surface area contributed by atoms with Crippen LogP contribution in [0.2, 0.25) is 5.02 Å². The summed E-state index contributed by atoms with van der Waals surface area (Å²) in [5.41, 5.74) is 1.79. The van der Waals surface area contributed by atoms with Gasteiger partial charge in [-0.15, -0.1) is 0 Å². The third-order valence-electron chi connectivity index (χ3n) is 3.11. The van der Waals surface area contributed by atoms with Gasteiger partial charge in [0.15, 0.2) is 11.5 Å². The summed E-state index contributed by atoms with van der Waals surface area (Å²) in [6.07, 6.45) is 0.942. The van der Waals surface area contributed by atoms with Crippen LogP contribution >= 0.6 is 11.6 Å². The van der Waals surface area contributed by atoms with Gasteiger partial charge in [-0.25, -0.2) is 4.39 Å². The molecule has 0 unspecified atom stereocenters. The van der Waals surface area contributed by atoms with Crippen molar-refractivity contribution in [2.45, 2.75) is 19.9 Å². The zero-order chi connectivity index (χ0) is 15.9. The van der Waals surface area contributed by atoms with Crippen LogP contribution in [0.15, 0.2) is 36.4 Å². The number of anilines is 1. The SMILES string of the molecule is CCCOc1ccc(CNc2ccc(F)c(Cl)c2)cc1OC. The lowest BCUT2D eigenvalue weighted by atomic mass is 10.2. The maximum absolute atomic E-state index is 13.1. The van der Waals surface area contributed by atoms with Gasteiger partial charge >= 0.3 is 0 Å². The maximum atomic E-state index is 13.1. The molecule has 0 bridgehead atoms. The zero-order valence-electron chi connectivity index (χ0n) is 12.7. The van der Waals surface area contributed by atoms with E-state index in [2.05, 4.69) is 12.2 Å². The molecule has 0 radical (unpaired) electrons. The number of methoxy groups -OCH3 is 1. The van der Waals surface area contributed by atoms with Crippen LogP contribution in [0.1, 0.15) is 18.9 Å². The van der Waals surface area contributed by atoms with E-state index in [9.17, 15) is 4.39 Å². The predicted octanol–water partition coefficient (Wildman–Crippen LogP) is 4.89. The van der Waals surface area contributed by atoms with Crippen LogP contribution in [0.5, 0.6) is 11.5 Å². The van der Waals surface area contributed by atoms with Crippen LogP contribution in [-0.2, 0) is 6.54 Å². The smallest absolute Gasteiger partial charge is 0.161 e. The van der Waals surface area contributed by atoms with Gasteiger partial charge < -0.3 is 14.8 Å². The van der Waals surface area contributed by atoms with Crippen LogP contribution in [-0.4, -0.2) is 13.7 Å². The Hall–Kier alpha value is -1.94. The molecular weight excluding hydrogens is 305 g/mol. The van der Waals surface area contributed by atoms with Crippen LogP contribution in [0, 0.1) is 5.82 Å². The molecule has 5 heteroatoms. The standard InChI is InChI=1S/C17H19ClFNO2/c1-3-8-22-16-7-4-12(9-17(16)21-2)11-20-13-5-6-15(19)14(18)10-13/h4-7,9-10,20H,3,8,11H2,1-2H3. The Morgan fingerprint density at radius 1 is 1.14 bits per heavy atom. The van der Waals surface area contributed by atoms with Crippen molar-refractivity contribution in [2.75, 3.05) is 19.0 Å². The fourth-order valence-corrected chi connectivity index (χ4v) is 2.14. The van der Waals surface area contributed by atoms with E-state index in [0.29, 0.717) is 18.9 Å². The summed E-state index contributed by atoms with van der Waals surface area (Å²) in [6, 6.07) is 10.3. The van der Waals surface area contributed by atoms with Gasteiger partial charge in [-0.05, 0) is 42.3 Å². The third-order valence-corrected chi connectivity index (χ3v) is 3.40. The first-order valence-corrected chi connectivity index (χ1v) is 7.50. The average molecular weight is 324 g/mol. The van der Waals surface area contributed by atoms with E-state index in [1.165, 1.54) is 6.07 Å². The average Bonchev–Trinajstić information content (AvgIpc) is 2.54. The number of halogens is 2. The summed E-state index contributed by atoms with van der Waals surface area (Å²) in [6.45, 7) is 3.28. The van der Waals surface area contributed by atoms with Crippen molar-refractivity contribution >= 4 is 17.3 Å². The highest BCUT2D eigenvalue weighted by Gasteiger charge is 2.06. The highest BCUT2D eigenvalue weighted by molar-refractivity contribution is 6.31. The van der Waals surface area contributed by atoms with Gasteiger partial charge in [0.25, 0.3) is 0 Å². The minimum absolute atomic E-state index is 0.103. The molecule has 1 N–H and O–H groups in total. The molecule has 0 saturated carbocycles. The van der Waals surface area contributed by atoms with Gasteiger partial charge in [0, 0.05) is 12.2 Å². The Labute approximate surface area is 135 Å². The number of ether oxygens (including phenoxy) is 2.